The molecule has 7 N–H and O–H groups in total. The summed E-state index contributed by atoms with van der Waals surface area (Å²) in [5, 5.41) is 26.4. The molecule has 0 aromatic heterocycles. The number of amides is 3. The van der Waals surface area contributed by atoms with Gasteiger partial charge in [0.1, 0.15) is 18.1 Å². The number of nitrogens with one attached hydrogen (secondary N) is 3. The fraction of sp³-hybridized carbons (Fsp3) is 0.800. The summed E-state index contributed by atoms with van der Waals surface area (Å²) >= 11 is 1.46. The molecule has 6 atom stereocenters. The third-order valence-electron chi connectivity index (χ3n) is 5.40. The van der Waals surface area contributed by atoms with Crippen LogP contribution in [0.25, 0.3) is 0 Å². The van der Waals surface area contributed by atoms with Gasteiger partial charge >= 0.3 is 5.97 Å². The fourth-order valence-electron chi connectivity index (χ4n) is 2.69. The highest BCUT2D eigenvalue weighted by atomic mass is 32.2. The Bertz CT molecular complexity index is 606. The van der Waals surface area contributed by atoms with Crippen molar-refractivity contribution < 1.29 is 29.4 Å². The van der Waals surface area contributed by atoms with E-state index in [9.17, 15) is 29.4 Å². The molecular formula is C20H38N4O6S. The molecule has 0 spiro atoms. The number of carbonyl (C=O) groups excluding carboxylic acids is 3. The highest BCUT2D eigenvalue weighted by molar-refractivity contribution is 7.98. The van der Waals surface area contributed by atoms with Gasteiger partial charge in [-0.15, -0.1) is 0 Å². The molecule has 10 nitrogen and oxygen atoms in total. The predicted molar refractivity (Wildman–Crippen MR) is 120 cm³/mol. The first-order chi connectivity index (χ1) is 14.5. The van der Waals surface area contributed by atoms with Gasteiger partial charge in [0, 0.05) is 0 Å². The number of carbonyl (C=O) groups is 4. The minimum atomic E-state index is -1.28. The van der Waals surface area contributed by atoms with Gasteiger partial charge in [-0.2, -0.15) is 11.8 Å². The number of carboxylic acid groups (broad SMARTS) is 1. The zero-order valence-corrected chi connectivity index (χ0v) is 19.8. The van der Waals surface area contributed by atoms with Crippen LogP contribution in [0.2, 0.25) is 0 Å². The molecule has 0 aliphatic rings. The Balaban J connectivity index is 5.29. The fourth-order valence-corrected chi connectivity index (χ4v) is 3.16. The molecule has 0 bridgehead atoms. The number of carboxylic acids is 1. The molecule has 180 valence electrons. The van der Waals surface area contributed by atoms with E-state index in [2.05, 4.69) is 16.0 Å². The molecule has 0 aliphatic carbocycles. The maximum Gasteiger partial charge on any atom is 0.326 e. The summed E-state index contributed by atoms with van der Waals surface area (Å²) < 4.78 is 0. The second kappa shape index (κ2) is 15.0. The molecule has 0 aromatic rings. The summed E-state index contributed by atoms with van der Waals surface area (Å²) in [5.74, 6) is -2.98. The third-order valence-corrected chi connectivity index (χ3v) is 6.04. The van der Waals surface area contributed by atoms with Gasteiger partial charge in [-0.1, -0.05) is 40.5 Å². The Kier molecular flexibility index (Phi) is 14.1. The summed E-state index contributed by atoms with van der Waals surface area (Å²) in [5.41, 5.74) is 5.87. The molecule has 0 aliphatic heterocycles. The van der Waals surface area contributed by atoms with Crippen LogP contribution in [-0.2, 0) is 19.2 Å². The second-order valence-electron chi connectivity index (χ2n) is 7.71. The molecule has 0 rings (SSSR count). The molecule has 0 saturated carbocycles. The summed E-state index contributed by atoms with van der Waals surface area (Å²) in [6, 6.07) is -4.22. The number of aliphatic hydroxyl groups excluding tert-OH is 1. The van der Waals surface area contributed by atoms with Crippen LogP contribution in [0.5, 0.6) is 0 Å². The first-order valence-corrected chi connectivity index (χ1v) is 11.9. The van der Waals surface area contributed by atoms with Crippen molar-refractivity contribution in [2.24, 2.45) is 17.6 Å². The Morgan fingerprint density at radius 3 is 1.87 bits per heavy atom. The van der Waals surface area contributed by atoms with Crippen molar-refractivity contribution in [1.29, 1.82) is 0 Å². The van der Waals surface area contributed by atoms with Crippen LogP contribution in [0.4, 0.5) is 0 Å². The van der Waals surface area contributed by atoms with E-state index < -0.39 is 54.5 Å². The van der Waals surface area contributed by atoms with E-state index in [1.54, 1.807) is 13.8 Å². The van der Waals surface area contributed by atoms with Gasteiger partial charge in [-0.25, -0.2) is 4.79 Å². The van der Waals surface area contributed by atoms with Crippen molar-refractivity contribution >= 4 is 35.5 Å². The minimum absolute atomic E-state index is 0.115. The normalized spacial score (nSPS) is 16.9. The smallest absolute Gasteiger partial charge is 0.326 e. The van der Waals surface area contributed by atoms with E-state index in [1.165, 1.54) is 11.8 Å². The van der Waals surface area contributed by atoms with Gasteiger partial charge in [-0.3, -0.25) is 14.4 Å². The molecule has 11 heteroatoms. The van der Waals surface area contributed by atoms with E-state index in [-0.39, 0.29) is 18.3 Å². The number of nitrogens with two attached hydrogens (primary N) is 1. The molecule has 6 unspecified atom stereocenters. The predicted octanol–water partition coefficient (Wildman–Crippen LogP) is -0.310. The van der Waals surface area contributed by atoms with E-state index in [0.717, 1.165) is 0 Å². The van der Waals surface area contributed by atoms with Crippen molar-refractivity contribution in [2.45, 2.75) is 71.1 Å². The maximum atomic E-state index is 12.7. The molecular weight excluding hydrogens is 424 g/mol. The van der Waals surface area contributed by atoms with E-state index in [4.69, 9.17) is 5.73 Å². The Labute approximate surface area is 188 Å². The molecule has 0 saturated heterocycles. The lowest BCUT2D eigenvalue weighted by molar-refractivity contribution is -0.144. The van der Waals surface area contributed by atoms with Gasteiger partial charge in [-0.05, 0) is 30.3 Å². The second-order valence-corrected chi connectivity index (χ2v) is 8.69. The van der Waals surface area contributed by atoms with Crippen LogP contribution >= 0.6 is 11.8 Å². The lowest BCUT2D eigenvalue weighted by Gasteiger charge is -2.26. The van der Waals surface area contributed by atoms with Crippen molar-refractivity contribution in [3.63, 3.8) is 0 Å². The van der Waals surface area contributed by atoms with Crippen molar-refractivity contribution in [1.82, 2.24) is 16.0 Å². The summed E-state index contributed by atoms with van der Waals surface area (Å²) in [4.78, 5) is 49.1. The Morgan fingerprint density at radius 2 is 1.42 bits per heavy atom. The van der Waals surface area contributed by atoms with Crippen molar-refractivity contribution in [3.05, 3.63) is 0 Å². The van der Waals surface area contributed by atoms with Gasteiger partial charge in [0.05, 0.1) is 12.6 Å². The highest BCUT2D eigenvalue weighted by Crippen LogP contribution is 2.10. The monoisotopic (exact) mass is 462 g/mol. The van der Waals surface area contributed by atoms with E-state index in [0.29, 0.717) is 18.6 Å². The first-order valence-electron chi connectivity index (χ1n) is 10.5. The van der Waals surface area contributed by atoms with E-state index >= 15 is 0 Å². The van der Waals surface area contributed by atoms with Gasteiger partial charge in [0.25, 0.3) is 0 Å². The number of aliphatic carboxylic acids is 1. The molecule has 3 amide bonds. The zero-order valence-electron chi connectivity index (χ0n) is 19.0. The maximum absolute atomic E-state index is 12.7. The molecule has 31 heavy (non-hydrogen) atoms. The van der Waals surface area contributed by atoms with Crippen LogP contribution in [0.3, 0.4) is 0 Å². The molecule has 0 fully saturated rings. The highest BCUT2D eigenvalue weighted by Gasteiger charge is 2.32. The summed E-state index contributed by atoms with van der Waals surface area (Å²) in [6.07, 6.45) is 3.31. The first kappa shape index (κ1) is 29.1. The zero-order chi connectivity index (χ0) is 24.1. The van der Waals surface area contributed by atoms with Crippen LogP contribution < -0.4 is 21.7 Å². The summed E-state index contributed by atoms with van der Waals surface area (Å²) in [7, 11) is 0. The Morgan fingerprint density at radius 1 is 0.903 bits per heavy atom. The number of hydrogen-bond acceptors (Lipinski definition) is 7. The lowest BCUT2D eigenvalue weighted by atomic mass is 9.98. The number of aliphatic hydroxyl groups is 1. The van der Waals surface area contributed by atoms with Gasteiger partial charge < -0.3 is 31.9 Å². The number of thioether (sulfide) groups is 1. The van der Waals surface area contributed by atoms with Crippen LogP contribution in [0.1, 0.15) is 47.0 Å². The Hall–Kier alpha value is -1.85. The van der Waals surface area contributed by atoms with Crippen molar-refractivity contribution in [2.75, 3.05) is 18.6 Å². The SMILES string of the molecule is CCC(C)C(N)C(=O)NC(CO)C(=O)NC(CCSC)C(=O)NC(C(=O)O)C(C)CC. The standard InChI is InChI=1S/C20H38N4O6S/c1-6-11(3)15(21)19(28)23-14(10-25)18(27)22-13(8-9-31-5)17(26)24-16(20(29)30)12(4)7-2/h11-16,25H,6-10,21H2,1-5H3,(H,22,27)(H,23,28)(H,24,26)(H,29,30). The van der Waals surface area contributed by atoms with Crippen molar-refractivity contribution in [3.8, 4) is 0 Å². The van der Waals surface area contributed by atoms with Crippen LogP contribution in [-0.4, -0.2) is 76.7 Å². The number of hydrogen-bond donors (Lipinski definition) is 6. The quantitative estimate of drug-likeness (QED) is 0.192. The van der Waals surface area contributed by atoms with Crippen LogP contribution in [0.15, 0.2) is 0 Å². The number of rotatable bonds is 15. The van der Waals surface area contributed by atoms with Gasteiger partial charge in [0.15, 0.2) is 0 Å². The third kappa shape index (κ3) is 9.88. The van der Waals surface area contributed by atoms with Gasteiger partial charge in [0.2, 0.25) is 17.7 Å². The minimum Gasteiger partial charge on any atom is -0.480 e. The molecule has 0 aromatic carbocycles. The van der Waals surface area contributed by atoms with Crippen LogP contribution in [0, 0.1) is 11.8 Å². The topological polar surface area (TPSA) is 171 Å². The lowest BCUT2D eigenvalue weighted by Crippen LogP contribution is -2.59. The molecule has 0 radical (unpaired) electrons. The molecule has 0 heterocycles. The van der Waals surface area contributed by atoms with E-state index in [1.807, 2.05) is 20.1 Å². The average Bonchev–Trinajstić information content (AvgIpc) is 2.75. The largest absolute Gasteiger partial charge is 0.480 e. The summed E-state index contributed by atoms with van der Waals surface area (Å²) in [6.45, 7) is 6.54. The average molecular weight is 463 g/mol.